The zero-order chi connectivity index (χ0) is 15.4. The van der Waals surface area contributed by atoms with Crippen molar-refractivity contribution in [2.24, 2.45) is 0 Å². The Morgan fingerprint density at radius 3 is 2.05 bits per heavy atom. The summed E-state index contributed by atoms with van der Waals surface area (Å²) in [5.41, 5.74) is 1.53. The number of hydrogen-bond donors (Lipinski definition) is 1. The van der Waals surface area contributed by atoms with E-state index in [0.717, 1.165) is 12.1 Å². The third kappa shape index (κ3) is 3.72. The van der Waals surface area contributed by atoms with Crippen molar-refractivity contribution in [2.75, 3.05) is 0 Å². The average Bonchev–Trinajstić information content (AvgIpc) is 2.48. The number of Topliss-reactive ketones (excluding diaryl/α,β-unsaturated/α-hetero) is 1. The molecule has 0 unspecified atom stereocenters. The Labute approximate surface area is 119 Å². The molecule has 5 heteroatoms. The second-order valence-corrected chi connectivity index (χ2v) is 4.52. The third-order valence-corrected chi connectivity index (χ3v) is 3.03. The second kappa shape index (κ2) is 6.26. The fourth-order valence-electron chi connectivity index (χ4n) is 1.89. The van der Waals surface area contributed by atoms with E-state index in [-0.39, 0.29) is 18.6 Å². The lowest BCUT2D eigenvalue weighted by atomic mass is 10.0. The minimum atomic E-state index is -1.03. The Morgan fingerprint density at radius 2 is 1.48 bits per heavy atom. The van der Waals surface area contributed by atoms with Crippen molar-refractivity contribution in [3.63, 3.8) is 0 Å². The average molecular weight is 290 g/mol. The molecule has 0 aliphatic carbocycles. The number of carbonyl (C=O) groups excluding carboxylic acids is 1. The first kappa shape index (κ1) is 14.8. The summed E-state index contributed by atoms with van der Waals surface area (Å²) < 4.78 is 26.0. The van der Waals surface area contributed by atoms with E-state index in [1.807, 2.05) is 0 Å². The minimum absolute atomic E-state index is 0.0696. The van der Waals surface area contributed by atoms with Gasteiger partial charge in [-0.05, 0) is 23.3 Å². The molecule has 0 spiro atoms. The van der Waals surface area contributed by atoms with E-state index >= 15 is 0 Å². The van der Waals surface area contributed by atoms with Crippen LogP contribution in [0.4, 0.5) is 8.78 Å². The molecule has 0 fully saturated rings. The van der Waals surface area contributed by atoms with Crippen LogP contribution in [0.1, 0.15) is 23.2 Å². The molecule has 0 aliphatic rings. The molecule has 108 valence electrons. The van der Waals surface area contributed by atoms with Gasteiger partial charge in [-0.2, -0.15) is 0 Å². The number of carboxylic acids is 1. The highest BCUT2D eigenvalue weighted by Gasteiger charge is 2.09. The van der Waals surface area contributed by atoms with E-state index < -0.39 is 17.6 Å². The molecule has 0 aliphatic heterocycles. The highest BCUT2D eigenvalue weighted by Crippen LogP contribution is 2.22. The zero-order valence-corrected chi connectivity index (χ0v) is 11.0. The van der Waals surface area contributed by atoms with Gasteiger partial charge in [-0.3, -0.25) is 9.59 Å². The maximum atomic E-state index is 13.2. The number of rotatable bonds is 5. The van der Waals surface area contributed by atoms with Crippen LogP contribution in [0.25, 0.3) is 11.1 Å². The Morgan fingerprint density at radius 1 is 0.857 bits per heavy atom. The lowest BCUT2D eigenvalue weighted by Gasteiger charge is -2.04. The molecule has 0 aromatic heterocycles. The van der Waals surface area contributed by atoms with Crippen molar-refractivity contribution in [3.05, 3.63) is 59.7 Å². The van der Waals surface area contributed by atoms with Crippen molar-refractivity contribution in [2.45, 2.75) is 12.8 Å². The van der Waals surface area contributed by atoms with Gasteiger partial charge >= 0.3 is 5.97 Å². The second-order valence-electron chi connectivity index (χ2n) is 4.52. The van der Waals surface area contributed by atoms with Gasteiger partial charge in [-0.1, -0.05) is 30.3 Å². The van der Waals surface area contributed by atoms with Crippen LogP contribution in [0.2, 0.25) is 0 Å². The van der Waals surface area contributed by atoms with Gasteiger partial charge in [-0.25, -0.2) is 8.78 Å². The summed E-state index contributed by atoms with van der Waals surface area (Å²) in [5, 5.41) is 8.53. The van der Waals surface area contributed by atoms with Gasteiger partial charge in [0.05, 0.1) is 6.42 Å². The van der Waals surface area contributed by atoms with E-state index in [1.54, 1.807) is 24.3 Å². The summed E-state index contributed by atoms with van der Waals surface area (Å²) >= 11 is 0. The minimum Gasteiger partial charge on any atom is -0.481 e. The molecule has 2 aromatic carbocycles. The molecule has 0 atom stereocenters. The van der Waals surface area contributed by atoms with Crippen molar-refractivity contribution in [1.82, 2.24) is 0 Å². The van der Waals surface area contributed by atoms with Gasteiger partial charge in [0.2, 0.25) is 0 Å². The summed E-state index contributed by atoms with van der Waals surface area (Å²) in [6.45, 7) is 0. The van der Waals surface area contributed by atoms with E-state index in [1.165, 1.54) is 6.07 Å². The highest BCUT2D eigenvalue weighted by molar-refractivity contribution is 5.97. The monoisotopic (exact) mass is 290 g/mol. The van der Waals surface area contributed by atoms with Gasteiger partial charge in [0.25, 0.3) is 0 Å². The van der Waals surface area contributed by atoms with Crippen LogP contribution in [0.5, 0.6) is 0 Å². The quantitative estimate of drug-likeness (QED) is 0.855. The van der Waals surface area contributed by atoms with Crippen molar-refractivity contribution < 1.29 is 23.5 Å². The summed E-state index contributed by atoms with van der Waals surface area (Å²) in [4.78, 5) is 22.1. The van der Waals surface area contributed by atoms with Gasteiger partial charge < -0.3 is 5.11 Å². The molecule has 2 rings (SSSR count). The van der Waals surface area contributed by atoms with Gasteiger partial charge in [0.1, 0.15) is 0 Å². The fourth-order valence-corrected chi connectivity index (χ4v) is 1.89. The normalized spacial score (nSPS) is 10.4. The first-order valence-corrected chi connectivity index (χ1v) is 6.28. The van der Waals surface area contributed by atoms with E-state index in [9.17, 15) is 18.4 Å². The lowest BCUT2D eigenvalue weighted by Crippen LogP contribution is -2.03. The van der Waals surface area contributed by atoms with Gasteiger partial charge in [0, 0.05) is 12.0 Å². The molecule has 0 saturated carbocycles. The van der Waals surface area contributed by atoms with Crippen molar-refractivity contribution in [1.29, 1.82) is 0 Å². The van der Waals surface area contributed by atoms with E-state index in [4.69, 9.17) is 5.11 Å². The molecular weight excluding hydrogens is 278 g/mol. The van der Waals surface area contributed by atoms with Gasteiger partial charge in [-0.15, -0.1) is 0 Å². The smallest absolute Gasteiger partial charge is 0.303 e. The molecule has 0 saturated heterocycles. The SMILES string of the molecule is O=C(O)CCC(=O)c1ccc(-c2ccc(F)c(F)c2)cc1. The number of hydrogen-bond acceptors (Lipinski definition) is 2. The number of ketones is 1. The Balaban J connectivity index is 2.16. The number of benzene rings is 2. The molecular formula is C16H12F2O3. The standard InChI is InChI=1S/C16H12F2O3/c17-13-6-5-12(9-14(13)18)10-1-3-11(4-2-10)15(19)7-8-16(20)21/h1-6,9H,7-8H2,(H,20,21). The fraction of sp³-hybridized carbons (Fsp3) is 0.125. The molecule has 2 aromatic rings. The van der Waals surface area contributed by atoms with Gasteiger partial charge in [0.15, 0.2) is 17.4 Å². The zero-order valence-electron chi connectivity index (χ0n) is 11.0. The van der Waals surface area contributed by atoms with Crippen LogP contribution < -0.4 is 0 Å². The topological polar surface area (TPSA) is 54.4 Å². The van der Waals surface area contributed by atoms with E-state index in [0.29, 0.717) is 16.7 Å². The molecule has 0 amide bonds. The first-order valence-electron chi connectivity index (χ1n) is 6.28. The maximum absolute atomic E-state index is 13.2. The highest BCUT2D eigenvalue weighted by atomic mass is 19.2. The number of carbonyl (C=O) groups is 2. The molecule has 21 heavy (non-hydrogen) atoms. The molecule has 3 nitrogen and oxygen atoms in total. The third-order valence-electron chi connectivity index (χ3n) is 3.03. The summed E-state index contributed by atoms with van der Waals surface area (Å²) in [6, 6.07) is 9.87. The van der Waals surface area contributed by atoms with Crippen molar-refractivity contribution in [3.8, 4) is 11.1 Å². The van der Waals surface area contributed by atoms with E-state index in [2.05, 4.69) is 0 Å². The van der Waals surface area contributed by atoms with Crippen LogP contribution in [-0.2, 0) is 4.79 Å². The predicted molar refractivity (Wildman–Crippen MR) is 73.0 cm³/mol. The van der Waals surface area contributed by atoms with Crippen LogP contribution >= 0.6 is 0 Å². The summed E-state index contributed by atoms with van der Waals surface area (Å²) in [7, 11) is 0. The lowest BCUT2D eigenvalue weighted by molar-refractivity contribution is -0.136. The summed E-state index contributed by atoms with van der Waals surface area (Å²) in [6.07, 6.45) is -0.288. The number of aliphatic carboxylic acids is 1. The van der Waals surface area contributed by atoms with Crippen LogP contribution in [0, 0.1) is 11.6 Å². The van der Waals surface area contributed by atoms with Crippen LogP contribution in [0.15, 0.2) is 42.5 Å². The largest absolute Gasteiger partial charge is 0.481 e. The number of carboxylic acid groups (broad SMARTS) is 1. The number of halogens is 2. The van der Waals surface area contributed by atoms with Crippen LogP contribution in [-0.4, -0.2) is 16.9 Å². The predicted octanol–water partition coefficient (Wildman–Crippen LogP) is 3.68. The van der Waals surface area contributed by atoms with Crippen molar-refractivity contribution >= 4 is 11.8 Å². The molecule has 1 N–H and O–H groups in total. The Bertz CT molecular complexity index is 678. The Hall–Kier alpha value is -2.56. The maximum Gasteiger partial charge on any atom is 0.303 e. The first-order chi connectivity index (χ1) is 9.97. The van der Waals surface area contributed by atoms with Crippen LogP contribution in [0.3, 0.4) is 0 Å². The molecule has 0 heterocycles. The summed E-state index contributed by atoms with van der Waals surface area (Å²) in [5.74, 6) is -3.15. The molecule has 0 radical (unpaired) electrons. The Kier molecular flexibility index (Phi) is 4.42. The molecule has 0 bridgehead atoms.